The molecule has 3 nitrogen and oxygen atoms in total. The van der Waals surface area contributed by atoms with E-state index in [0.29, 0.717) is 12.6 Å². The molecule has 0 atom stereocenters. The van der Waals surface area contributed by atoms with Crippen LogP contribution in [0.25, 0.3) is 0 Å². The molecule has 2 N–H and O–H groups in total. The molecule has 0 aromatic rings. The summed E-state index contributed by atoms with van der Waals surface area (Å²) in [5.41, 5.74) is -0.386. The van der Waals surface area contributed by atoms with Crippen molar-refractivity contribution in [3.63, 3.8) is 0 Å². The molecule has 2 aliphatic rings. The lowest BCUT2D eigenvalue weighted by Crippen LogP contribution is -2.35. The van der Waals surface area contributed by atoms with Crippen molar-refractivity contribution in [2.24, 2.45) is 5.41 Å². The molecule has 3 heteroatoms. The first kappa shape index (κ1) is 9.00. The molecule has 0 aliphatic heterocycles. The van der Waals surface area contributed by atoms with Crippen LogP contribution < -0.4 is 5.32 Å². The first-order valence-corrected chi connectivity index (χ1v) is 5.20. The van der Waals surface area contributed by atoms with E-state index in [1.54, 1.807) is 0 Å². The summed E-state index contributed by atoms with van der Waals surface area (Å²) in [7, 11) is 0. The Morgan fingerprint density at radius 2 is 2.00 bits per heavy atom. The van der Waals surface area contributed by atoms with Gasteiger partial charge in [0.15, 0.2) is 0 Å². The molecule has 13 heavy (non-hydrogen) atoms. The molecule has 2 rings (SSSR count). The maximum absolute atomic E-state index is 10.8. The molecule has 0 bridgehead atoms. The number of hydrogen-bond acceptors (Lipinski definition) is 2. The maximum atomic E-state index is 10.8. The third kappa shape index (κ3) is 1.85. The van der Waals surface area contributed by atoms with Crippen molar-refractivity contribution in [1.29, 1.82) is 0 Å². The van der Waals surface area contributed by atoms with E-state index in [4.69, 9.17) is 5.11 Å². The fraction of sp³-hybridized carbons (Fsp3) is 0.900. The van der Waals surface area contributed by atoms with E-state index in [1.807, 2.05) is 0 Å². The Kier molecular flexibility index (Phi) is 2.28. The van der Waals surface area contributed by atoms with Crippen molar-refractivity contribution in [3.8, 4) is 0 Å². The first-order chi connectivity index (χ1) is 6.23. The van der Waals surface area contributed by atoms with Crippen LogP contribution in [0.15, 0.2) is 0 Å². The first-order valence-electron chi connectivity index (χ1n) is 5.20. The minimum atomic E-state index is -0.613. The van der Waals surface area contributed by atoms with Gasteiger partial charge >= 0.3 is 5.97 Å². The van der Waals surface area contributed by atoms with Crippen LogP contribution >= 0.6 is 0 Å². The molecule has 0 spiro atoms. The summed E-state index contributed by atoms with van der Waals surface area (Å²) < 4.78 is 0. The summed E-state index contributed by atoms with van der Waals surface area (Å²) in [5, 5.41) is 12.3. The number of hydrogen-bond donors (Lipinski definition) is 2. The number of carboxylic acid groups (broad SMARTS) is 1. The van der Waals surface area contributed by atoms with Gasteiger partial charge in [0.05, 0.1) is 5.41 Å². The Balaban J connectivity index is 1.75. The Hall–Kier alpha value is -0.570. The van der Waals surface area contributed by atoms with E-state index in [-0.39, 0.29) is 5.41 Å². The lowest BCUT2D eigenvalue weighted by Gasteiger charge is -2.15. The molecule has 2 fully saturated rings. The average Bonchev–Trinajstić information content (AvgIpc) is 2.73. The summed E-state index contributed by atoms with van der Waals surface area (Å²) in [5.74, 6) is -0.613. The number of nitrogens with one attached hydrogen (secondary N) is 1. The van der Waals surface area contributed by atoms with Crippen LogP contribution in [0.1, 0.15) is 38.5 Å². The number of carbonyl (C=O) groups is 1. The van der Waals surface area contributed by atoms with Crippen molar-refractivity contribution in [3.05, 3.63) is 0 Å². The highest BCUT2D eigenvalue weighted by Gasteiger charge is 2.50. The second-order valence-electron chi connectivity index (χ2n) is 4.45. The maximum Gasteiger partial charge on any atom is 0.310 e. The highest BCUT2D eigenvalue weighted by Crippen LogP contribution is 2.45. The molecule has 0 saturated heterocycles. The van der Waals surface area contributed by atoms with Crippen LogP contribution in [0.4, 0.5) is 0 Å². The van der Waals surface area contributed by atoms with E-state index in [9.17, 15) is 4.79 Å². The summed E-state index contributed by atoms with van der Waals surface area (Å²) in [4.78, 5) is 10.8. The number of aliphatic carboxylic acids is 1. The molecule has 0 aromatic carbocycles. The van der Waals surface area contributed by atoms with E-state index in [2.05, 4.69) is 5.32 Å². The minimum Gasteiger partial charge on any atom is -0.481 e. The average molecular weight is 183 g/mol. The molecule has 0 unspecified atom stereocenters. The monoisotopic (exact) mass is 183 g/mol. The topological polar surface area (TPSA) is 49.3 Å². The molecule has 2 saturated carbocycles. The molecular weight excluding hydrogens is 166 g/mol. The summed E-state index contributed by atoms with van der Waals surface area (Å²) in [6.07, 6.45) is 6.80. The zero-order valence-electron chi connectivity index (χ0n) is 7.88. The van der Waals surface area contributed by atoms with Gasteiger partial charge in [0, 0.05) is 12.6 Å². The van der Waals surface area contributed by atoms with Gasteiger partial charge in [-0.05, 0) is 25.7 Å². The predicted octanol–water partition coefficient (Wildman–Crippen LogP) is 1.38. The third-order valence-electron chi connectivity index (χ3n) is 3.39. The van der Waals surface area contributed by atoms with Crippen molar-refractivity contribution >= 4 is 5.97 Å². The summed E-state index contributed by atoms with van der Waals surface area (Å²) >= 11 is 0. The van der Waals surface area contributed by atoms with Gasteiger partial charge < -0.3 is 10.4 Å². The van der Waals surface area contributed by atoms with Crippen LogP contribution in [0, 0.1) is 5.41 Å². The molecular formula is C10H17NO2. The van der Waals surface area contributed by atoms with Crippen LogP contribution in [0.3, 0.4) is 0 Å². The molecule has 0 radical (unpaired) electrons. The zero-order chi connectivity index (χ0) is 9.31. The molecule has 74 valence electrons. The normalized spacial score (nSPS) is 26.2. The molecule has 0 amide bonds. The van der Waals surface area contributed by atoms with Gasteiger partial charge in [-0.15, -0.1) is 0 Å². The fourth-order valence-electron chi connectivity index (χ4n) is 2.09. The highest BCUT2D eigenvalue weighted by atomic mass is 16.4. The van der Waals surface area contributed by atoms with Crippen LogP contribution in [0.5, 0.6) is 0 Å². The Bertz CT molecular complexity index is 205. The van der Waals surface area contributed by atoms with Crippen LogP contribution in [-0.2, 0) is 4.79 Å². The van der Waals surface area contributed by atoms with Gasteiger partial charge in [-0.1, -0.05) is 12.8 Å². The lowest BCUT2D eigenvalue weighted by molar-refractivity contribution is -0.143. The third-order valence-corrected chi connectivity index (χ3v) is 3.39. The molecule has 0 aromatic heterocycles. The Labute approximate surface area is 78.5 Å². The van der Waals surface area contributed by atoms with Gasteiger partial charge in [0.2, 0.25) is 0 Å². The highest BCUT2D eigenvalue weighted by molar-refractivity contribution is 5.78. The minimum absolute atomic E-state index is 0.386. The number of carboxylic acids is 1. The fourth-order valence-corrected chi connectivity index (χ4v) is 2.09. The largest absolute Gasteiger partial charge is 0.481 e. The smallest absolute Gasteiger partial charge is 0.310 e. The SMILES string of the molecule is O=C(O)C1(CNC2CCCC2)CC1. The van der Waals surface area contributed by atoms with Crippen LogP contribution in [-0.4, -0.2) is 23.7 Å². The van der Waals surface area contributed by atoms with E-state index in [0.717, 1.165) is 12.8 Å². The van der Waals surface area contributed by atoms with Crippen LogP contribution in [0.2, 0.25) is 0 Å². The summed E-state index contributed by atoms with van der Waals surface area (Å²) in [6.45, 7) is 0.687. The van der Waals surface area contributed by atoms with Crippen molar-refractivity contribution in [2.45, 2.75) is 44.6 Å². The molecule has 0 heterocycles. The van der Waals surface area contributed by atoms with Gasteiger partial charge in [-0.3, -0.25) is 4.79 Å². The Morgan fingerprint density at radius 1 is 1.38 bits per heavy atom. The van der Waals surface area contributed by atoms with Gasteiger partial charge in [-0.25, -0.2) is 0 Å². The van der Waals surface area contributed by atoms with Gasteiger partial charge in [0.1, 0.15) is 0 Å². The lowest BCUT2D eigenvalue weighted by atomic mass is 10.1. The standard InChI is InChI=1S/C10H17NO2/c12-9(13)10(5-6-10)7-11-8-3-1-2-4-8/h8,11H,1-7H2,(H,12,13). The zero-order valence-corrected chi connectivity index (χ0v) is 7.88. The van der Waals surface area contributed by atoms with E-state index in [1.165, 1.54) is 25.7 Å². The van der Waals surface area contributed by atoms with Gasteiger partial charge in [-0.2, -0.15) is 0 Å². The van der Waals surface area contributed by atoms with Gasteiger partial charge in [0.25, 0.3) is 0 Å². The van der Waals surface area contributed by atoms with E-state index < -0.39 is 5.97 Å². The van der Waals surface area contributed by atoms with Crippen molar-refractivity contribution in [2.75, 3.05) is 6.54 Å². The van der Waals surface area contributed by atoms with Crippen molar-refractivity contribution < 1.29 is 9.90 Å². The quantitative estimate of drug-likeness (QED) is 0.692. The summed E-state index contributed by atoms with van der Waals surface area (Å²) in [6, 6.07) is 0.594. The molecule has 2 aliphatic carbocycles. The number of rotatable bonds is 4. The second kappa shape index (κ2) is 3.29. The van der Waals surface area contributed by atoms with Crippen molar-refractivity contribution in [1.82, 2.24) is 5.32 Å². The predicted molar refractivity (Wildman–Crippen MR) is 49.6 cm³/mol. The second-order valence-corrected chi connectivity index (χ2v) is 4.45. The van der Waals surface area contributed by atoms with E-state index >= 15 is 0 Å². The Morgan fingerprint density at radius 3 is 2.46 bits per heavy atom.